The number of rotatable bonds is 8. The van der Waals surface area contributed by atoms with E-state index >= 15 is 0 Å². The molecule has 0 saturated heterocycles. The second-order valence-corrected chi connectivity index (χ2v) is 10.4. The fourth-order valence-electron chi connectivity index (χ4n) is 4.33. The third-order valence-corrected chi connectivity index (χ3v) is 7.73. The van der Waals surface area contributed by atoms with Gasteiger partial charge in [0.1, 0.15) is 16.7 Å². The summed E-state index contributed by atoms with van der Waals surface area (Å²) in [5.74, 6) is -0.230. The molecule has 0 heterocycles. The monoisotopic (exact) mass is 498 g/mol. The van der Waals surface area contributed by atoms with Crippen LogP contribution in [-0.4, -0.2) is 27.5 Å². The summed E-state index contributed by atoms with van der Waals surface area (Å²) in [7, 11) is -2.73. The van der Waals surface area contributed by atoms with Crippen molar-refractivity contribution in [3.8, 4) is 5.75 Å². The molecule has 0 bridgehead atoms. The van der Waals surface area contributed by atoms with Gasteiger partial charge in [-0.1, -0.05) is 66.2 Å². The van der Waals surface area contributed by atoms with Crippen LogP contribution in [0.15, 0.2) is 77.7 Å². The van der Waals surface area contributed by atoms with Crippen molar-refractivity contribution in [2.45, 2.75) is 42.7 Å². The first kappa shape index (κ1) is 24.3. The maximum absolute atomic E-state index is 13.5. The van der Waals surface area contributed by atoms with E-state index < -0.39 is 16.1 Å². The zero-order chi connectivity index (χ0) is 24.1. The fourth-order valence-corrected chi connectivity index (χ4v) is 5.95. The molecule has 6 nitrogen and oxygen atoms in total. The van der Waals surface area contributed by atoms with Gasteiger partial charge in [-0.2, -0.15) is 4.72 Å². The molecule has 0 spiro atoms. The Balaban J connectivity index is 1.62. The summed E-state index contributed by atoms with van der Waals surface area (Å²) in [5, 5.41) is 3.34. The van der Waals surface area contributed by atoms with Gasteiger partial charge in [-0.05, 0) is 60.6 Å². The van der Waals surface area contributed by atoms with Gasteiger partial charge in [0, 0.05) is 5.02 Å². The highest BCUT2D eigenvalue weighted by molar-refractivity contribution is 7.89. The lowest BCUT2D eigenvalue weighted by atomic mass is 9.87. The van der Waals surface area contributed by atoms with Gasteiger partial charge < -0.3 is 10.1 Å². The number of aryl methyl sites for hydroxylation is 1. The van der Waals surface area contributed by atoms with E-state index in [4.69, 9.17) is 16.3 Å². The van der Waals surface area contributed by atoms with Crippen molar-refractivity contribution >= 4 is 27.5 Å². The molecule has 0 aromatic heterocycles. The number of nitrogens with one attached hydrogen (secondary N) is 2. The maximum atomic E-state index is 13.5. The molecular weight excluding hydrogens is 472 g/mol. The van der Waals surface area contributed by atoms with Crippen LogP contribution in [0.3, 0.4) is 0 Å². The predicted molar refractivity (Wildman–Crippen MR) is 133 cm³/mol. The van der Waals surface area contributed by atoms with Gasteiger partial charge in [-0.15, -0.1) is 0 Å². The number of benzene rings is 3. The molecule has 0 unspecified atom stereocenters. The molecule has 0 aliphatic heterocycles. The molecule has 3 aromatic rings. The lowest BCUT2D eigenvalue weighted by molar-refractivity contribution is -0.123. The zero-order valence-electron chi connectivity index (χ0n) is 18.8. The molecule has 0 saturated carbocycles. The van der Waals surface area contributed by atoms with E-state index in [-0.39, 0.29) is 34.0 Å². The number of fused-ring (bicyclic) bond motifs is 1. The van der Waals surface area contributed by atoms with Crippen LogP contribution in [-0.2, 0) is 27.7 Å². The summed E-state index contributed by atoms with van der Waals surface area (Å²) in [6.45, 7) is 0. The minimum atomic E-state index is -4.11. The Labute approximate surface area is 205 Å². The van der Waals surface area contributed by atoms with Gasteiger partial charge in [0.2, 0.25) is 15.9 Å². The van der Waals surface area contributed by atoms with E-state index in [1.165, 1.54) is 24.8 Å². The number of methoxy groups -OCH3 is 1. The van der Waals surface area contributed by atoms with Gasteiger partial charge in [0.05, 0.1) is 13.2 Å². The van der Waals surface area contributed by atoms with Crippen molar-refractivity contribution in [1.82, 2.24) is 10.0 Å². The van der Waals surface area contributed by atoms with Crippen LogP contribution < -0.4 is 14.8 Å². The van der Waals surface area contributed by atoms with Crippen LogP contribution in [0, 0.1) is 0 Å². The second kappa shape index (κ2) is 10.6. The lowest BCUT2D eigenvalue weighted by Gasteiger charge is -2.28. The quantitative estimate of drug-likeness (QED) is 0.481. The molecule has 178 valence electrons. The summed E-state index contributed by atoms with van der Waals surface area (Å²) >= 11 is 6.06. The topological polar surface area (TPSA) is 84.5 Å². The molecule has 34 heavy (non-hydrogen) atoms. The van der Waals surface area contributed by atoms with Crippen molar-refractivity contribution in [1.29, 1.82) is 0 Å². The first-order chi connectivity index (χ1) is 16.4. The number of hydrogen-bond donors (Lipinski definition) is 2. The molecule has 3 aromatic carbocycles. The van der Waals surface area contributed by atoms with E-state index in [1.807, 2.05) is 48.5 Å². The standard InChI is InChI=1S/C26H27ClN2O4S/c1-33-24-15-14-20(27)17-25(24)34(31,32)29-23(16-18-8-3-2-4-9-18)26(30)28-22-13-7-11-19-10-5-6-12-21(19)22/h2-6,8-10,12,14-15,17,22-23,29H,7,11,13,16H2,1H3,(H,28,30)/t22-,23-/m0/s1. The number of hydrogen-bond acceptors (Lipinski definition) is 4. The number of carbonyl (C=O) groups is 1. The Morgan fingerprint density at radius 3 is 2.59 bits per heavy atom. The van der Waals surface area contributed by atoms with Crippen LogP contribution in [0.1, 0.15) is 35.6 Å². The van der Waals surface area contributed by atoms with Crippen molar-refractivity contribution in [3.05, 3.63) is 94.5 Å². The van der Waals surface area contributed by atoms with Gasteiger partial charge in [0.15, 0.2) is 0 Å². The van der Waals surface area contributed by atoms with Crippen molar-refractivity contribution in [3.63, 3.8) is 0 Å². The van der Waals surface area contributed by atoms with Crippen LogP contribution in [0.2, 0.25) is 5.02 Å². The second-order valence-electron chi connectivity index (χ2n) is 8.31. The minimum absolute atomic E-state index is 0.114. The summed E-state index contributed by atoms with van der Waals surface area (Å²) in [6, 6.07) is 20.5. The Hall–Kier alpha value is -2.87. The number of ether oxygens (including phenoxy) is 1. The first-order valence-corrected chi connectivity index (χ1v) is 13.0. The van der Waals surface area contributed by atoms with Gasteiger partial charge in [-0.3, -0.25) is 4.79 Å². The van der Waals surface area contributed by atoms with Crippen molar-refractivity contribution < 1.29 is 17.9 Å². The smallest absolute Gasteiger partial charge is 0.245 e. The van der Waals surface area contributed by atoms with E-state index in [2.05, 4.69) is 16.1 Å². The molecule has 1 amide bonds. The summed E-state index contributed by atoms with van der Waals surface area (Å²) in [6.07, 6.45) is 2.92. The highest BCUT2D eigenvalue weighted by Gasteiger charge is 2.31. The maximum Gasteiger partial charge on any atom is 0.245 e. The zero-order valence-corrected chi connectivity index (χ0v) is 20.4. The Morgan fingerprint density at radius 2 is 1.82 bits per heavy atom. The average Bonchev–Trinajstić information content (AvgIpc) is 2.84. The van der Waals surface area contributed by atoms with E-state index in [9.17, 15) is 13.2 Å². The number of amides is 1. The van der Waals surface area contributed by atoms with Crippen LogP contribution in [0.25, 0.3) is 0 Å². The molecule has 2 atom stereocenters. The SMILES string of the molecule is COc1ccc(Cl)cc1S(=O)(=O)N[C@@H](Cc1ccccc1)C(=O)N[C@H]1CCCc2ccccc21. The van der Waals surface area contributed by atoms with Crippen molar-refractivity contribution in [2.75, 3.05) is 7.11 Å². The Morgan fingerprint density at radius 1 is 1.09 bits per heavy atom. The Kier molecular flexibility index (Phi) is 7.56. The number of carbonyl (C=O) groups excluding carboxylic acids is 1. The van der Waals surface area contributed by atoms with Gasteiger partial charge in [-0.25, -0.2) is 8.42 Å². The molecule has 0 radical (unpaired) electrons. The number of halogens is 1. The Bertz CT molecular complexity index is 1260. The molecule has 1 aliphatic rings. The van der Waals surface area contributed by atoms with Gasteiger partial charge >= 0.3 is 0 Å². The molecule has 8 heteroatoms. The third kappa shape index (κ3) is 5.60. The van der Waals surface area contributed by atoms with Crippen LogP contribution in [0.5, 0.6) is 5.75 Å². The van der Waals surface area contributed by atoms with Crippen LogP contribution in [0.4, 0.5) is 0 Å². The van der Waals surface area contributed by atoms with E-state index in [0.717, 1.165) is 30.4 Å². The highest BCUT2D eigenvalue weighted by Crippen LogP contribution is 2.30. The molecule has 2 N–H and O–H groups in total. The molecule has 1 aliphatic carbocycles. The third-order valence-electron chi connectivity index (χ3n) is 6.00. The predicted octanol–water partition coefficient (Wildman–Crippen LogP) is 4.43. The highest BCUT2D eigenvalue weighted by atomic mass is 35.5. The first-order valence-electron chi connectivity index (χ1n) is 11.2. The normalized spacial score (nSPS) is 16.4. The summed E-state index contributed by atoms with van der Waals surface area (Å²) < 4.78 is 34.5. The fraction of sp³-hybridized carbons (Fsp3) is 0.269. The molecule has 4 rings (SSSR count). The summed E-state index contributed by atoms with van der Waals surface area (Å²) in [5.41, 5.74) is 3.13. The summed E-state index contributed by atoms with van der Waals surface area (Å²) in [4.78, 5) is 13.3. The van der Waals surface area contributed by atoms with Crippen LogP contribution >= 0.6 is 11.6 Å². The van der Waals surface area contributed by atoms with Crippen molar-refractivity contribution in [2.24, 2.45) is 0 Å². The molecular formula is C26H27ClN2O4S. The van der Waals surface area contributed by atoms with Gasteiger partial charge in [0.25, 0.3) is 0 Å². The van der Waals surface area contributed by atoms with E-state index in [1.54, 1.807) is 6.07 Å². The minimum Gasteiger partial charge on any atom is -0.495 e. The number of sulfonamides is 1. The van der Waals surface area contributed by atoms with E-state index in [0.29, 0.717) is 0 Å². The largest absolute Gasteiger partial charge is 0.495 e. The molecule has 0 fully saturated rings. The lowest BCUT2D eigenvalue weighted by Crippen LogP contribution is -2.49. The average molecular weight is 499 g/mol.